The van der Waals surface area contributed by atoms with Gasteiger partial charge in [-0.3, -0.25) is 0 Å². The van der Waals surface area contributed by atoms with Crippen LogP contribution in [0.5, 0.6) is 11.5 Å². The summed E-state index contributed by atoms with van der Waals surface area (Å²) in [6, 6.07) is 10.6. The second-order valence-corrected chi connectivity index (χ2v) is 5.34. The SMILES string of the molecule is Nc1ccc(OCCCCCOc2ccc(N)c(N)c2)cc1N. The second-order valence-electron chi connectivity index (χ2n) is 5.34. The van der Waals surface area contributed by atoms with Gasteiger partial charge in [-0.1, -0.05) is 0 Å². The van der Waals surface area contributed by atoms with Crippen LogP contribution in [0, 0.1) is 0 Å². The molecule has 0 aliphatic carbocycles. The Kier molecular flexibility index (Phi) is 5.80. The number of nitrogens with two attached hydrogens (primary N) is 4. The zero-order valence-corrected chi connectivity index (χ0v) is 13.1. The molecule has 0 aliphatic rings. The van der Waals surface area contributed by atoms with E-state index in [1.807, 2.05) is 12.1 Å². The maximum absolute atomic E-state index is 5.73. The molecule has 2 aromatic carbocycles. The minimum atomic E-state index is 0.540. The van der Waals surface area contributed by atoms with Crippen molar-refractivity contribution in [1.29, 1.82) is 0 Å². The number of hydrogen-bond donors (Lipinski definition) is 4. The van der Waals surface area contributed by atoms with Crippen LogP contribution in [-0.4, -0.2) is 13.2 Å². The first-order chi connectivity index (χ1) is 11.1. The number of rotatable bonds is 8. The Morgan fingerprint density at radius 2 is 1.00 bits per heavy atom. The summed E-state index contributed by atoms with van der Waals surface area (Å²) in [4.78, 5) is 0. The molecule has 0 amide bonds. The molecule has 0 radical (unpaired) electrons. The van der Waals surface area contributed by atoms with E-state index in [2.05, 4.69) is 0 Å². The first kappa shape index (κ1) is 16.6. The van der Waals surface area contributed by atoms with E-state index in [0.29, 0.717) is 36.0 Å². The van der Waals surface area contributed by atoms with Gasteiger partial charge in [-0.05, 0) is 43.5 Å². The molecule has 6 heteroatoms. The number of benzene rings is 2. The quantitative estimate of drug-likeness (QED) is 0.438. The minimum absolute atomic E-state index is 0.540. The molecular weight excluding hydrogens is 292 g/mol. The monoisotopic (exact) mass is 316 g/mol. The van der Waals surface area contributed by atoms with Crippen molar-refractivity contribution in [2.45, 2.75) is 19.3 Å². The Balaban J connectivity index is 1.58. The van der Waals surface area contributed by atoms with E-state index in [1.165, 1.54) is 0 Å². The molecule has 124 valence electrons. The predicted octanol–water partition coefficient (Wildman–Crippen LogP) is 2.64. The van der Waals surface area contributed by atoms with E-state index >= 15 is 0 Å². The molecule has 0 heterocycles. The third kappa shape index (κ3) is 5.18. The Bertz CT molecular complexity index is 591. The van der Waals surface area contributed by atoms with Gasteiger partial charge in [-0.15, -0.1) is 0 Å². The topological polar surface area (TPSA) is 123 Å². The summed E-state index contributed by atoms with van der Waals surface area (Å²) >= 11 is 0. The van der Waals surface area contributed by atoms with Gasteiger partial charge in [-0.25, -0.2) is 0 Å². The van der Waals surface area contributed by atoms with Gasteiger partial charge < -0.3 is 32.4 Å². The zero-order valence-electron chi connectivity index (χ0n) is 13.1. The molecule has 0 spiro atoms. The van der Waals surface area contributed by atoms with Crippen LogP contribution < -0.4 is 32.4 Å². The van der Waals surface area contributed by atoms with E-state index < -0.39 is 0 Å². The van der Waals surface area contributed by atoms with Crippen molar-refractivity contribution in [3.8, 4) is 11.5 Å². The van der Waals surface area contributed by atoms with Gasteiger partial charge in [0.25, 0.3) is 0 Å². The normalized spacial score (nSPS) is 10.4. The molecule has 2 aromatic rings. The lowest BCUT2D eigenvalue weighted by atomic mass is 10.2. The fourth-order valence-corrected chi connectivity index (χ4v) is 2.05. The number of anilines is 4. The van der Waals surface area contributed by atoms with Crippen molar-refractivity contribution in [2.24, 2.45) is 0 Å². The van der Waals surface area contributed by atoms with E-state index in [1.54, 1.807) is 24.3 Å². The number of unbranched alkanes of at least 4 members (excludes halogenated alkanes) is 2. The zero-order chi connectivity index (χ0) is 16.7. The number of nitrogen functional groups attached to an aromatic ring is 4. The van der Waals surface area contributed by atoms with E-state index in [9.17, 15) is 0 Å². The van der Waals surface area contributed by atoms with Crippen LogP contribution >= 0.6 is 0 Å². The van der Waals surface area contributed by atoms with E-state index in [-0.39, 0.29) is 0 Å². The number of ether oxygens (including phenoxy) is 2. The highest BCUT2D eigenvalue weighted by Gasteiger charge is 2.00. The Morgan fingerprint density at radius 3 is 1.39 bits per heavy atom. The molecule has 6 nitrogen and oxygen atoms in total. The second kappa shape index (κ2) is 8.03. The molecule has 8 N–H and O–H groups in total. The van der Waals surface area contributed by atoms with Crippen molar-refractivity contribution < 1.29 is 9.47 Å². The fourth-order valence-electron chi connectivity index (χ4n) is 2.05. The van der Waals surface area contributed by atoms with Crippen molar-refractivity contribution in [3.63, 3.8) is 0 Å². The summed E-state index contributed by atoms with van der Waals surface area (Å²) in [5.41, 5.74) is 25.0. The van der Waals surface area contributed by atoms with Gasteiger partial charge in [0.05, 0.1) is 36.0 Å². The van der Waals surface area contributed by atoms with E-state index in [4.69, 9.17) is 32.4 Å². The molecule has 2 rings (SSSR count). The molecule has 0 aliphatic heterocycles. The standard InChI is InChI=1S/C17H24N4O2/c18-14-6-4-12(10-16(14)20)22-8-2-1-3-9-23-13-5-7-15(19)17(21)11-13/h4-7,10-11H,1-3,8-9,18-21H2. The summed E-state index contributed by atoms with van der Waals surface area (Å²) in [5, 5.41) is 0. The summed E-state index contributed by atoms with van der Waals surface area (Å²) < 4.78 is 11.3. The molecule has 0 saturated heterocycles. The predicted molar refractivity (Wildman–Crippen MR) is 95.4 cm³/mol. The van der Waals surface area contributed by atoms with Crippen LogP contribution in [0.15, 0.2) is 36.4 Å². The molecule has 0 bridgehead atoms. The van der Waals surface area contributed by atoms with Gasteiger partial charge in [0.15, 0.2) is 0 Å². The van der Waals surface area contributed by atoms with Crippen LogP contribution in [0.3, 0.4) is 0 Å². The average molecular weight is 316 g/mol. The van der Waals surface area contributed by atoms with Crippen LogP contribution in [0.2, 0.25) is 0 Å². The highest BCUT2D eigenvalue weighted by molar-refractivity contribution is 5.65. The van der Waals surface area contributed by atoms with E-state index in [0.717, 1.165) is 30.8 Å². The summed E-state index contributed by atoms with van der Waals surface area (Å²) in [5.74, 6) is 1.48. The molecule has 23 heavy (non-hydrogen) atoms. The van der Waals surface area contributed by atoms with Gasteiger partial charge in [0.2, 0.25) is 0 Å². The largest absolute Gasteiger partial charge is 0.494 e. The third-order valence-electron chi connectivity index (χ3n) is 3.44. The van der Waals surface area contributed by atoms with Crippen LogP contribution in [0.25, 0.3) is 0 Å². The van der Waals surface area contributed by atoms with Crippen LogP contribution in [0.4, 0.5) is 22.7 Å². The average Bonchev–Trinajstić information content (AvgIpc) is 2.53. The minimum Gasteiger partial charge on any atom is -0.494 e. The van der Waals surface area contributed by atoms with Crippen molar-refractivity contribution in [3.05, 3.63) is 36.4 Å². The van der Waals surface area contributed by atoms with Gasteiger partial charge in [-0.2, -0.15) is 0 Å². The highest BCUT2D eigenvalue weighted by atomic mass is 16.5. The lowest BCUT2D eigenvalue weighted by molar-refractivity contribution is 0.279. The van der Waals surface area contributed by atoms with Crippen molar-refractivity contribution in [1.82, 2.24) is 0 Å². The summed E-state index contributed by atoms with van der Waals surface area (Å²) in [6.45, 7) is 1.27. The Labute approximate surface area is 136 Å². The molecule has 0 atom stereocenters. The highest BCUT2D eigenvalue weighted by Crippen LogP contribution is 2.22. The Morgan fingerprint density at radius 1 is 0.565 bits per heavy atom. The van der Waals surface area contributed by atoms with Crippen LogP contribution in [0.1, 0.15) is 19.3 Å². The van der Waals surface area contributed by atoms with Crippen LogP contribution in [-0.2, 0) is 0 Å². The van der Waals surface area contributed by atoms with Gasteiger partial charge in [0.1, 0.15) is 11.5 Å². The van der Waals surface area contributed by atoms with Crippen molar-refractivity contribution >= 4 is 22.7 Å². The molecule has 0 unspecified atom stereocenters. The lowest BCUT2D eigenvalue weighted by Gasteiger charge is -2.09. The first-order valence-electron chi connectivity index (χ1n) is 7.62. The van der Waals surface area contributed by atoms with Gasteiger partial charge in [0, 0.05) is 12.1 Å². The molecular formula is C17H24N4O2. The first-order valence-corrected chi connectivity index (χ1v) is 7.62. The van der Waals surface area contributed by atoms with Gasteiger partial charge >= 0.3 is 0 Å². The third-order valence-corrected chi connectivity index (χ3v) is 3.44. The molecule has 0 fully saturated rings. The lowest BCUT2D eigenvalue weighted by Crippen LogP contribution is -2.02. The smallest absolute Gasteiger partial charge is 0.121 e. The molecule has 0 saturated carbocycles. The fraction of sp³-hybridized carbons (Fsp3) is 0.294. The van der Waals surface area contributed by atoms with Crippen molar-refractivity contribution in [2.75, 3.05) is 36.1 Å². The molecule has 0 aromatic heterocycles. The maximum Gasteiger partial charge on any atom is 0.121 e. The summed E-state index contributed by atoms with van der Waals surface area (Å²) in [7, 11) is 0. The summed E-state index contributed by atoms with van der Waals surface area (Å²) in [6.07, 6.45) is 2.89. The maximum atomic E-state index is 5.73. The Hall–Kier alpha value is -2.76. The number of hydrogen-bond acceptors (Lipinski definition) is 6.